The van der Waals surface area contributed by atoms with E-state index >= 15 is 0 Å². The SMILES string of the molecule is Cc1ccccc1C(C)Nc1ccccc1C(C)(C)C. The molecule has 2 aromatic carbocycles. The Bertz CT molecular complexity index is 578. The standard InChI is InChI=1S/C19H25N/c1-14-10-6-7-11-16(14)15(2)20-18-13-9-8-12-17(18)19(3,4)5/h6-13,15,20H,1-5H3. The summed E-state index contributed by atoms with van der Waals surface area (Å²) < 4.78 is 0. The molecular formula is C19H25N. The van der Waals surface area contributed by atoms with E-state index in [1.54, 1.807) is 0 Å². The summed E-state index contributed by atoms with van der Waals surface area (Å²) in [6.07, 6.45) is 0. The topological polar surface area (TPSA) is 12.0 Å². The van der Waals surface area contributed by atoms with Crippen molar-refractivity contribution in [1.29, 1.82) is 0 Å². The molecule has 20 heavy (non-hydrogen) atoms. The Kier molecular flexibility index (Phi) is 4.17. The quantitative estimate of drug-likeness (QED) is 0.778. The first-order valence-electron chi connectivity index (χ1n) is 7.31. The molecule has 1 unspecified atom stereocenters. The van der Waals surface area contributed by atoms with Crippen molar-refractivity contribution in [3.8, 4) is 0 Å². The zero-order valence-corrected chi connectivity index (χ0v) is 13.2. The van der Waals surface area contributed by atoms with Gasteiger partial charge in [-0.2, -0.15) is 0 Å². The average Bonchev–Trinajstić information content (AvgIpc) is 2.38. The third kappa shape index (κ3) is 3.22. The van der Waals surface area contributed by atoms with Gasteiger partial charge in [-0.3, -0.25) is 0 Å². The summed E-state index contributed by atoms with van der Waals surface area (Å²) in [4.78, 5) is 0. The molecule has 0 heterocycles. The van der Waals surface area contributed by atoms with Crippen molar-refractivity contribution < 1.29 is 0 Å². The number of nitrogens with one attached hydrogen (secondary N) is 1. The number of anilines is 1. The minimum atomic E-state index is 0.148. The fourth-order valence-electron chi connectivity index (χ4n) is 2.65. The molecule has 0 spiro atoms. The maximum absolute atomic E-state index is 3.67. The Hall–Kier alpha value is -1.76. The van der Waals surface area contributed by atoms with E-state index in [0.717, 1.165) is 0 Å². The number of rotatable bonds is 3. The van der Waals surface area contributed by atoms with Crippen LogP contribution in [-0.2, 0) is 5.41 Å². The molecule has 0 aliphatic heterocycles. The van der Waals surface area contributed by atoms with Gasteiger partial charge in [0, 0.05) is 11.7 Å². The lowest BCUT2D eigenvalue weighted by Gasteiger charge is -2.26. The summed E-state index contributed by atoms with van der Waals surface area (Å²) in [5, 5.41) is 3.67. The van der Waals surface area contributed by atoms with Crippen molar-refractivity contribution in [1.82, 2.24) is 0 Å². The molecule has 0 radical (unpaired) electrons. The van der Waals surface area contributed by atoms with E-state index in [9.17, 15) is 0 Å². The van der Waals surface area contributed by atoms with Crippen molar-refractivity contribution >= 4 is 5.69 Å². The highest BCUT2D eigenvalue weighted by molar-refractivity contribution is 5.55. The maximum atomic E-state index is 3.67. The van der Waals surface area contributed by atoms with E-state index in [1.807, 2.05) is 0 Å². The van der Waals surface area contributed by atoms with Crippen molar-refractivity contribution in [2.75, 3.05) is 5.32 Å². The number of benzene rings is 2. The Morgan fingerprint density at radius 3 is 2.15 bits per heavy atom. The summed E-state index contributed by atoms with van der Waals surface area (Å²) in [5.41, 5.74) is 5.43. The van der Waals surface area contributed by atoms with E-state index < -0.39 is 0 Å². The highest BCUT2D eigenvalue weighted by Gasteiger charge is 2.18. The van der Waals surface area contributed by atoms with Crippen LogP contribution in [0.5, 0.6) is 0 Å². The van der Waals surface area contributed by atoms with Crippen LogP contribution in [0.1, 0.15) is 50.4 Å². The van der Waals surface area contributed by atoms with E-state index in [-0.39, 0.29) is 5.41 Å². The molecule has 0 saturated heterocycles. The van der Waals surface area contributed by atoms with Gasteiger partial charge in [-0.15, -0.1) is 0 Å². The predicted molar refractivity (Wildman–Crippen MR) is 88.4 cm³/mol. The fourth-order valence-corrected chi connectivity index (χ4v) is 2.65. The van der Waals surface area contributed by atoms with E-state index in [0.29, 0.717) is 6.04 Å². The molecular weight excluding hydrogens is 242 g/mol. The van der Waals surface area contributed by atoms with Gasteiger partial charge in [-0.25, -0.2) is 0 Å². The van der Waals surface area contributed by atoms with E-state index in [2.05, 4.69) is 88.5 Å². The first-order chi connectivity index (χ1) is 9.39. The minimum Gasteiger partial charge on any atom is -0.378 e. The van der Waals surface area contributed by atoms with Gasteiger partial charge < -0.3 is 5.32 Å². The number of aryl methyl sites for hydroxylation is 1. The van der Waals surface area contributed by atoms with Crippen LogP contribution in [-0.4, -0.2) is 0 Å². The molecule has 1 N–H and O–H groups in total. The van der Waals surface area contributed by atoms with Crippen molar-refractivity contribution in [3.05, 3.63) is 65.2 Å². The van der Waals surface area contributed by atoms with E-state index in [1.165, 1.54) is 22.4 Å². The molecule has 0 saturated carbocycles. The van der Waals surface area contributed by atoms with Crippen molar-refractivity contribution in [3.63, 3.8) is 0 Å². The van der Waals surface area contributed by atoms with Crippen LogP contribution >= 0.6 is 0 Å². The smallest absolute Gasteiger partial charge is 0.0488 e. The van der Waals surface area contributed by atoms with Crippen molar-refractivity contribution in [2.45, 2.75) is 46.1 Å². The third-order valence-corrected chi connectivity index (χ3v) is 3.76. The van der Waals surface area contributed by atoms with Gasteiger partial charge in [0.1, 0.15) is 0 Å². The number of hydrogen-bond donors (Lipinski definition) is 1. The highest BCUT2D eigenvalue weighted by atomic mass is 14.9. The second-order valence-corrected chi connectivity index (χ2v) is 6.52. The van der Waals surface area contributed by atoms with Crippen LogP contribution in [0.15, 0.2) is 48.5 Å². The zero-order chi connectivity index (χ0) is 14.8. The van der Waals surface area contributed by atoms with Gasteiger partial charge in [0.05, 0.1) is 0 Å². The highest BCUT2D eigenvalue weighted by Crippen LogP contribution is 2.31. The monoisotopic (exact) mass is 267 g/mol. The van der Waals surface area contributed by atoms with Crippen LogP contribution < -0.4 is 5.32 Å². The average molecular weight is 267 g/mol. The molecule has 2 aromatic rings. The molecule has 0 aliphatic carbocycles. The molecule has 1 atom stereocenters. The first-order valence-corrected chi connectivity index (χ1v) is 7.31. The van der Waals surface area contributed by atoms with Crippen LogP contribution in [0.3, 0.4) is 0 Å². The van der Waals surface area contributed by atoms with Crippen molar-refractivity contribution in [2.24, 2.45) is 0 Å². The Balaban J connectivity index is 2.29. The molecule has 0 aliphatic rings. The Morgan fingerprint density at radius 1 is 0.900 bits per heavy atom. The third-order valence-electron chi connectivity index (χ3n) is 3.76. The first kappa shape index (κ1) is 14.6. The normalized spacial score (nSPS) is 13.1. The molecule has 1 heteroatoms. The summed E-state index contributed by atoms with van der Waals surface area (Å²) in [7, 11) is 0. The Morgan fingerprint density at radius 2 is 1.50 bits per heavy atom. The molecule has 0 bridgehead atoms. The summed E-state index contributed by atoms with van der Waals surface area (Å²) in [5.74, 6) is 0. The van der Waals surface area contributed by atoms with Gasteiger partial charge >= 0.3 is 0 Å². The van der Waals surface area contributed by atoms with Crippen LogP contribution in [0.25, 0.3) is 0 Å². The van der Waals surface area contributed by atoms with Crippen LogP contribution in [0.2, 0.25) is 0 Å². The zero-order valence-electron chi connectivity index (χ0n) is 13.2. The predicted octanol–water partition coefficient (Wildman–Crippen LogP) is 5.47. The van der Waals surface area contributed by atoms with Gasteiger partial charge in [0.2, 0.25) is 0 Å². The number of hydrogen-bond acceptors (Lipinski definition) is 1. The van der Waals surface area contributed by atoms with Crippen LogP contribution in [0, 0.1) is 6.92 Å². The Labute approximate surface area is 123 Å². The molecule has 0 fully saturated rings. The van der Waals surface area contributed by atoms with Crippen LogP contribution in [0.4, 0.5) is 5.69 Å². The number of para-hydroxylation sites is 1. The fraction of sp³-hybridized carbons (Fsp3) is 0.368. The van der Waals surface area contributed by atoms with Gasteiger partial charge in [-0.1, -0.05) is 63.2 Å². The van der Waals surface area contributed by atoms with E-state index in [4.69, 9.17) is 0 Å². The second-order valence-electron chi connectivity index (χ2n) is 6.52. The molecule has 106 valence electrons. The summed E-state index contributed by atoms with van der Waals surface area (Å²) in [6, 6.07) is 17.5. The molecule has 1 nitrogen and oxygen atoms in total. The lowest BCUT2D eigenvalue weighted by atomic mass is 9.85. The summed E-state index contributed by atoms with van der Waals surface area (Å²) in [6.45, 7) is 11.2. The maximum Gasteiger partial charge on any atom is 0.0488 e. The molecule has 0 aromatic heterocycles. The molecule has 0 amide bonds. The summed E-state index contributed by atoms with van der Waals surface area (Å²) >= 11 is 0. The largest absolute Gasteiger partial charge is 0.378 e. The van der Waals surface area contributed by atoms with Gasteiger partial charge in [-0.05, 0) is 42.0 Å². The minimum absolute atomic E-state index is 0.148. The lowest BCUT2D eigenvalue weighted by Crippen LogP contribution is -2.16. The van der Waals surface area contributed by atoms with Gasteiger partial charge in [0.15, 0.2) is 0 Å². The lowest BCUT2D eigenvalue weighted by molar-refractivity contribution is 0.590. The second kappa shape index (κ2) is 5.70. The molecule has 2 rings (SSSR count). The van der Waals surface area contributed by atoms with Gasteiger partial charge in [0.25, 0.3) is 0 Å².